The summed E-state index contributed by atoms with van der Waals surface area (Å²) in [5.74, 6) is -0.812. The van der Waals surface area contributed by atoms with Crippen molar-refractivity contribution in [2.45, 2.75) is 0 Å². The molecule has 0 unspecified atom stereocenters. The molecule has 0 aliphatic carbocycles. The van der Waals surface area contributed by atoms with Gasteiger partial charge in [0.05, 0.1) is 18.2 Å². The Morgan fingerprint density at radius 1 is 1.05 bits per heavy atom. The molecule has 2 rings (SSSR count). The lowest BCUT2D eigenvalue weighted by Crippen LogP contribution is -2.12. The van der Waals surface area contributed by atoms with E-state index in [0.29, 0.717) is 11.5 Å². The van der Waals surface area contributed by atoms with E-state index in [-0.39, 0.29) is 23.5 Å². The minimum atomic E-state index is -1.04. The van der Waals surface area contributed by atoms with Gasteiger partial charge in [-0.05, 0) is 36.4 Å². The Hall–Kier alpha value is -3.02. The van der Waals surface area contributed by atoms with E-state index in [1.165, 1.54) is 43.5 Å². The first-order valence-corrected chi connectivity index (χ1v) is 6.37. The van der Waals surface area contributed by atoms with Crippen LogP contribution in [0.15, 0.2) is 42.5 Å². The lowest BCUT2D eigenvalue weighted by Gasteiger charge is -2.08. The number of carbonyl (C=O) groups is 2. The summed E-state index contributed by atoms with van der Waals surface area (Å²) in [4.78, 5) is 22.7. The first-order valence-electron chi connectivity index (χ1n) is 6.37. The van der Waals surface area contributed by atoms with Crippen LogP contribution in [0.1, 0.15) is 20.7 Å². The maximum Gasteiger partial charge on any atom is 0.335 e. The highest BCUT2D eigenvalue weighted by molar-refractivity contribution is 5.99. The summed E-state index contributed by atoms with van der Waals surface area (Å²) >= 11 is 0. The monoisotopic (exact) mass is 302 g/mol. The van der Waals surface area contributed by atoms with Crippen molar-refractivity contribution in [2.24, 2.45) is 0 Å². The van der Waals surface area contributed by atoms with E-state index in [2.05, 4.69) is 0 Å². The van der Waals surface area contributed by atoms with E-state index < -0.39 is 11.8 Å². The summed E-state index contributed by atoms with van der Waals surface area (Å²) in [5.41, 5.74) is 0.259. The van der Waals surface area contributed by atoms with Crippen molar-refractivity contribution in [1.82, 2.24) is 0 Å². The zero-order chi connectivity index (χ0) is 16.1. The molecule has 0 atom stereocenters. The zero-order valence-electron chi connectivity index (χ0n) is 11.8. The number of aromatic hydroxyl groups is 1. The number of rotatable bonds is 6. The Balaban J connectivity index is 2.02. The Kier molecular flexibility index (Phi) is 4.63. The van der Waals surface area contributed by atoms with Crippen LogP contribution in [0.25, 0.3) is 0 Å². The zero-order valence-corrected chi connectivity index (χ0v) is 11.8. The van der Waals surface area contributed by atoms with E-state index in [9.17, 15) is 14.7 Å². The number of phenolic OH excluding ortho intramolecular Hbond substituents is 1. The number of hydrogen-bond acceptors (Lipinski definition) is 5. The van der Waals surface area contributed by atoms with Crippen LogP contribution < -0.4 is 9.47 Å². The highest BCUT2D eigenvalue weighted by Crippen LogP contribution is 2.24. The van der Waals surface area contributed by atoms with E-state index >= 15 is 0 Å². The number of phenols is 1. The highest BCUT2D eigenvalue weighted by atomic mass is 16.5. The van der Waals surface area contributed by atoms with Crippen molar-refractivity contribution >= 4 is 11.8 Å². The van der Waals surface area contributed by atoms with Crippen molar-refractivity contribution < 1.29 is 29.3 Å². The normalized spacial score (nSPS) is 10.0. The van der Waals surface area contributed by atoms with Gasteiger partial charge < -0.3 is 19.7 Å². The second-order valence-electron chi connectivity index (χ2n) is 4.42. The fraction of sp³-hybridized carbons (Fsp3) is 0.125. The first-order chi connectivity index (χ1) is 10.5. The van der Waals surface area contributed by atoms with Gasteiger partial charge in [-0.2, -0.15) is 0 Å². The number of methoxy groups -OCH3 is 1. The molecule has 0 aliphatic rings. The van der Waals surface area contributed by atoms with Gasteiger partial charge in [0.25, 0.3) is 0 Å². The van der Waals surface area contributed by atoms with Crippen molar-refractivity contribution in [3.8, 4) is 17.2 Å². The first kappa shape index (κ1) is 15.4. The molecule has 0 fully saturated rings. The molecule has 0 bridgehead atoms. The molecule has 0 aliphatic heterocycles. The van der Waals surface area contributed by atoms with Gasteiger partial charge in [0, 0.05) is 6.07 Å². The Bertz CT molecular complexity index is 690. The quantitative estimate of drug-likeness (QED) is 0.796. The SMILES string of the molecule is COc1ccc(C(=O)COc2ccc(C(=O)O)cc2)c(O)c1. The maximum atomic E-state index is 12.0. The number of Topliss-reactive ketones (excluding diaryl/α,β-unsaturated/α-hetero) is 1. The largest absolute Gasteiger partial charge is 0.507 e. The summed E-state index contributed by atoms with van der Waals surface area (Å²) < 4.78 is 10.2. The molecule has 22 heavy (non-hydrogen) atoms. The molecule has 0 radical (unpaired) electrons. The molecule has 0 heterocycles. The Labute approximate surface area is 126 Å². The summed E-state index contributed by atoms with van der Waals surface area (Å²) in [6, 6.07) is 10.0. The van der Waals surface area contributed by atoms with Gasteiger partial charge >= 0.3 is 5.97 Å². The average molecular weight is 302 g/mol. The van der Waals surface area contributed by atoms with Crippen LogP contribution in [0.5, 0.6) is 17.2 Å². The summed E-state index contributed by atoms with van der Waals surface area (Å²) in [7, 11) is 1.46. The molecule has 2 aromatic rings. The fourth-order valence-corrected chi connectivity index (χ4v) is 1.79. The van der Waals surface area contributed by atoms with E-state index in [1.54, 1.807) is 6.07 Å². The summed E-state index contributed by atoms with van der Waals surface area (Å²) in [6.07, 6.45) is 0. The molecule has 2 N–H and O–H groups in total. The highest BCUT2D eigenvalue weighted by Gasteiger charge is 2.13. The van der Waals surface area contributed by atoms with Gasteiger partial charge in [0.2, 0.25) is 5.78 Å². The average Bonchev–Trinajstić information content (AvgIpc) is 2.52. The third kappa shape index (κ3) is 3.54. The maximum absolute atomic E-state index is 12.0. The van der Waals surface area contributed by atoms with Crippen LogP contribution in [0.3, 0.4) is 0 Å². The number of hydrogen-bond donors (Lipinski definition) is 2. The van der Waals surface area contributed by atoms with Crippen LogP contribution in [0, 0.1) is 0 Å². The van der Waals surface area contributed by atoms with Crippen LogP contribution in [-0.2, 0) is 0 Å². The topological polar surface area (TPSA) is 93.1 Å². The number of ether oxygens (including phenoxy) is 2. The molecule has 2 aromatic carbocycles. The van der Waals surface area contributed by atoms with Crippen LogP contribution >= 0.6 is 0 Å². The molecule has 0 spiro atoms. The second kappa shape index (κ2) is 6.62. The molecule has 0 aromatic heterocycles. The van der Waals surface area contributed by atoms with Gasteiger partial charge in [0.15, 0.2) is 6.61 Å². The number of carboxylic acids is 1. The Morgan fingerprint density at radius 3 is 2.23 bits per heavy atom. The van der Waals surface area contributed by atoms with Crippen molar-refractivity contribution in [1.29, 1.82) is 0 Å². The number of carboxylic acid groups (broad SMARTS) is 1. The molecule has 0 amide bonds. The smallest absolute Gasteiger partial charge is 0.335 e. The predicted octanol–water partition coefficient (Wildman–Crippen LogP) is 2.36. The van der Waals surface area contributed by atoms with E-state index in [1.807, 2.05) is 0 Å². The second-order valence-corrected chi connectivity index (χ2v) is 4.42. The molecule has 6 nitrogen and oxygen atoms in total. The van der Waals surface area contributed by atoms with Crippen LogP contribution in [-0.4, -0.2) is 35.7 Å². The lowest BCUT2D eigenvalue weighted by atomic mass is 10.1. The minimum Gasteiger partial charge on any atom is -0.507 e. The van der Waals surface area contributed by atoms with Gasteiger partial charge in [-0.1, -0.05) is 0 Å². The van der Waals surface area contributed by atoms with Gasteiger partial charge in [0.1, 0.15) is 17.2 Å². The lowest BCUT2D eigenvalue weighted by molar-refractivity contribution is 0.0696. The fourth-order valence-electron chi connectivity index (χ4n) is 1.79. The third-order valence-electron chi connectivity index (χ3n) is 2.98. The van der Waals surface area contributed by atoms with Crippen LogP contribution in [0.4, 0.5) is 0 Å². The van der Waals surface area contributed by atoms with Crippen molar-refractivity contribution in [3.05, 3.63) is 53.6 Å². The number of ketones is 1. The molecule has 0 saturated carbocycles. The summed E-state index contributed by atoms with van der Waals surface area (Å²) in [6.45, 7) is -0.272. The van der Waals surface area contributed by atoms with Gasteiger partial charge in [-0.3, -0.25) is 4.79 Å². The van der Waals surface area contributed by atoms with Gasteiger partial charge in [-0.25, -0.2) is 4.79 Å². The number of aromatic carboxylic acids is 1. The summed E-state index contributed by atoms with van der Waals surface area (Å²) in [5, 5.41) is 18.5. The molecule has 0 saturated heterocycles. The molecule has 6 heteroatoms. The standard InChI is InChI=1S/C16H14O6/c1-21-12-6-7-13(14(17)8-12)15(18)9-22-11-4-2-10(3-5-11)16(19)20/h2-8,17H,9H2,1H3,(H,19,20). The number of carbonyl (C=O) groups excluding carboxylic acids is 1. The predicted molar refractivity (Wildman–Crippen MR) is 77.9 cm³/mol. The Morgan fingerprint density at radius 2 is 1.68 bits per heavy atom. The van der Waals surface area contributed by atoms with Gasteiger partial charge in [-0.15, -0.1) is 0 Å². The molecule has 114 valence electrons. The van der Waals surface area contributed by atoms with Crippen molar-refractivity contribution in [2.75, 3.05) is 13.7 Å². The number of benzene rings is 2. The molecular formula is C16H14O6. The van der Waals surface area contributed by atoms with Crippen LogP contribution in [0.2, 0.25) is 0 Å². The van der Waals surface area contributed by atoms with E-state index in [0.717, 1.165) is 0 Å². The van der Waals surface area contributed by atoms with Crippen molar-refractivity contribution in [3.63, 3.8) is 0 Å². The molecular weight excluding hydrogens is 288 g/mol. The van der Waals surface area contributed by atoms with E-state index in [4.69, 9.17) is 14.6 Å². The minimum absolute atomic E-state index is 0.128. The third-order valence-corrected chi connectivity index (χ3v) is 2.98.